The minimum Gasteiger partial charge on any atom is -0.477 e. The van der Waals surface area contributed by atoms with Crippen LogP contribution in [0.25, 0.3) is 6.08 Å². The van der Waals surface area contributed by atoms with Gasteiger partial charge in [-0.1, -0.05) is 23.0 Å². The number of anilines is 1. The number of carbonyl (C=O) groups excluding carboxylic acids is 2. The lowest BCUT2D eigenvalue weighted by molar-refractivity contribution is -0.150. The number of nitrogens with one attached hydrogen (secondary N) is 1. The molecule has 12 nitrogen and oxygen atoms in total. The van der Waals surface area contributed by atoms with E-state index in [0.717, 1.165) is 17.1 Å². The standard InChI is InChI=1S/C20H19N7O5S3/c1-2-32-25-12(15-24-20(21)35-26-15)16(28)23-13-17(29)27-14(19(30)31)11(9-34-18(13)27)33-7-5-10-4-3-6-22-8-10/h3-8,13,18H,2,9H2,1H3,(H,23,28)(H,30,31)(H2,21,24,26)/b7-5-,25-12+/t13?,18-/m1/s1. The first-order valence-corrected chi connectivity index (χ1v) is 12.9. The second-order valence-corrected chi connectivity index (χ2v) is 9.85. The number of hydrogen-bond donors (Lipinski definition) is 3. The van der Waals surface area contributed by atoms with Crippen molar-refractivity contribution in [2.24, 2.45) is 5.16 Å². The molecule has 15 heteroatoms. The van der Waals surface area contributed by atoms with Gasteiger partial charge in [0, 0.05) is 34.6 Å². The van der Waals surface area contributed by atoms with Gasteiger partial charge in [-0.05, 0) is 30.0 Å². The molecule has 0 radical (unpaired) electrons. The predicted octanol–water partition coefficient (Wildman–Crippen LogP) is 1.36. The van der Waals surface area contributed by atoms with Gasteiger partial charge in [-0.25, -0.2) is 4.79 Å². The summed E-state index contributed by atoms with van der Waals surface area (Å²) in [6, 6.07) is 2.72. The molecule has 4 rings (SSSR count). The number of pyridine rings is 1. The van der Waals surface area contributed by atoms with Gasteiger partial charge in [0.05, 0.1) is 0 Å². The van der Waals surface area contributed by atoms with Crippen molar-refractivity contribution in [3.63, 3.8) is 0 Å². The number of aliphatic carboxylic acids is 1. The third-order valence-corrected chi connectivity index (χ3v) is 7.63. The monoisotopic (exact) mass is 533 g/mol. The lowest BCUT2D eigenvalue weighted by atomic mass is 10.0. The first-order valence-electron chi connectivity index (χ1n) is 10.2. The maximum absolute atomic E-state index is 12.9. The van der Waals surface area contributed by atoms with Crippen LogP contribution in [-0.4, -0.2) is 71.6 Å². The number of thioether (sulfide) groups is 2. The smallest absolute Gasteiger partial charge is 0.353 e. The Morgan fingerprint density at radius 1 is 1.49 bits per heavy atom. The summed E-state index contributed by atoms with van der Waals surface area (Å²) in [5, 5.41) is 17.5. The molecular weight excluding hydrogens is 514 g/mol. The Morgan fingerprint density at radius 2 is 2.31 bits per heavy atom. The molecule has 0 saturated carbocycles. The third kappa shape index (κ3) is 5.31. The second-order valence-electron chi connectivity index (χ2n) is 6.96. The van der Waals surface area contributed by atoms with Gasteiger partial charge < -0.3 is 21.0 Å². The summed E-state index contributed by atoms with van der Waals surface area (Å²) in [5.41, 5.74) is 6.14. The zero-order valence-corrected chi connectivity index (χ0v) is 20.6. The van der Waals surface area contributed by atoms with Crippen molar-refractivity contribution in [1.82, 2.24) is 24.6 Å². The average Bonchev–Trinajstić information content (AvgIpc) is 3.28. The number of fused-ring (bicyclic) bond motifs is 1. The molecule has 35 heavy (non-hydrogen) atoms. The maximum Gasteiger partial charge on any atom is 0.353 e. The highest BCUT2D eigenvalue weighted by molar-refractivity contribution is 8.08. The van der Waals surface area contributed by atoms with Gasteiger partial charge in [-0.15, -0.1) is 11.8 Å². The van der Waals surface area contributed by atoms with Crippen molar-refractivity contribution < 1.29 is 24.3 Å². The molecule has 1 unspecified atom stereocenters. The van der Waals surface area contributed by atoms with E-state index in [2.05, 4.69) is 24.8 Å². The van der Waals surface area contributed by atoms with Crippen LogP contribution in [0.5, 0.6) is 0 Å². The van der Waals surface area contributed by atoms with Crippen LogP contribution in [0, 0.1) is 0 Å². The number of aromatic nitrogens is 3. The van der Waals surface area contributed by atoms with Crippen LogP contribution in [0.15, 0.2) is 45.7 Å². The highest BCUT2D eigenvalue weighted by atomic mass is 32.2. The van der Waals surface area contributed by atoms with Crippen molar-refractivity contribution in [3.05, 3.63) is 51.9 Å². The van der Waals surface area contributed by atoms with Crippen LogP contribution in [0.3, 0.4) is 0 Å². The van der Waals surface area contributed by atoms with E-state index in [9.17, 15) is 19.5 Å². The molecule has 0 spiro atoms. The predicted molar refractivity (Wildman–Crippen MR) is 133 cm³/mol. The number of carboxylic acid groups (broad SMARTS) is 1. The van der Waals surface area contributed by atoms with E-state index in [1.165, 1.54) is 28.4 Å². The summed E-state index contributed by atoms with van der Waals surface area (Å²) in [6.07, 6.45) is 5.15. The number of nitrogen functional groups attached to an aromatic ring is 1. The molecule has 0 bridgehead atoms. The largest absolute Gasteiger partial charge is 0.477 e. The quantitative estimate of drug-likeness (QED) is 0.241. The van der Waals surface area contributed by atoms with E-state index < -0.39 is 29.2 Å². The van der Waals surface area contributed by atoms with Crippen molar-refractivity contribution >= 4 is 69.8 Å². The van der Waals surface area contributed by atoms with Gasteiger partial charge in [0.25, 0.3) is 11.8 Å². The fraction of sp³-hybridized carbons (Fsp3) is 0.250. The van der Waals surface area contributed by atoms with Crippen molar-refractivity contribution in [3.8, 4) is 0 Å². The number of β-lactam (4-membered cyclic amide) rings is 1. The Bertz CT molecular complexity index is 1230. The minimum absolute atomic E-state index is 0.0245. The normalized spacial score (nSPS) is 20.0. The lowest BCUT2D eigenvalue weighted by Gasteiger charge is -2.49. The topological polar surface area (TPSA) is 173 Å². The number of carboxylic acids is 1. The SMILES string of the molecule is CCO/N=C(/C(=O)NC1C(=O)N2C(C(=O)O)=C(S/C=C\c3cccnc3)CS[C@H]12)c1nsc(N)n1. The highest BCUT2D eigenvalue weighted by Crippen LogP contribution is 2.43. The summed E-state index contributed by atoms with van der Waals surface area (Å²) in [7, 11) is 0. The Labute approximate surface area is 211 Å². The number of nitrogens with two attached hydrogens (primary N) is 1. The Hall–Kier alpha value is -3.43. The van der Waals surface area contributed by atoms with Crippen LogP contribution in [-0.2, 0) is 19.2 Å². The van der Waals surface area contributed by atoms with Crippen molar-refractivity contribution in [2.75, 3.05) is 18.1 Å². The van der Waals surface area contributed by atoms with Crippen LogP contribution < -0.4 is 11.1 Å². The molecule has 4 N–H and O–H groups in total. The lowest BCUT2D eigenvalue weighted by Crippen LogP contribution is -2.71. The van der Waals surface area contributed by atoms with Crippen molar-refractivity contribution in [1.29, 1.82) is 0 Å². The minimum atomic E-state index is -1.22. The van der Waals surface area contributed by atoms with E-state index >= 15 is 0 Å². The number of carbonyl (C=O) groups is 3. The van der Waals surface area contributed by atoms with E-state index in [0.29, 0.717) is 10.7 Å². The summed E-state index contributed by atoms with van der Waals surface area (Å²) in [4.78, 5) is 52.5. The fourth-order valence-corrected chi connectivity index (χ4v) is 6.00. The van der Waals surface area contributed by atoms with Crippen LogP contribution in [0.1, 0.15) is 18.3 Å². The number of amides is 2. The van der Waals surface area contributed by atoms with Gasteiger partial charge in [0.1, 0.15) is 23.7 Å². The zero-order chi connectivity index (χ0) is 24.9. The van der Waals surface area contributed by atoms with E-state index in [4.69, 9.17) is 10.6 Å². The molecular formula is C20H19N7O5S3. The molecule has 4 heterocycles. The molecule has 0 aliphatic carbocycles. The number of rotatable bonds is 9. The van der Waals surface area contributed by atoms with Gasteiger partial charge in [0.15, 0.2) is 5.13 Å². The number of oxime groups is 1. The molecule has 2 aromatic rings. The van der Waals surface area contributed by atoms with Gasteiger partial charge in [0.2, 0.25) is 11.5 Å². The molecule has 2 aliphatic rings. The summed E-state index contributed by atoms with van der Waals surface area (Å²) in [6.45, 7) is 1.89. The molecule has 2 atom stereocenters. The van der Waals surface area contributed by atoms with Crippen LogP contribution >= 0.6 is 35.1 Å². The van der Waals surface area contributed by atoms with E-state index in [1.54, 1.807) is 36.9 Å². The van der Waals surface area contributed by atoms with Crippen LogP contribution in [0.2, 0.25) is 0 Å². The second kappa shape index (κ2) is 10.9. The maximum atomic E-state index is 12.9. The fourth-order valence-electron chi connectivity index (χ4n) is 3.20. The molecule has 182 valence electrons. The van der Waals surface area contributed by atoms with E-state index in [1.807, 2.05) is 6.07 Å². The Kier molecular flexibility index (Phi) is 7.67. The molecule has 1 saturated heterocycles. The molecule has 0 aromatic carbocycles. The molecule has 1 fully saturated rings. The van der Waals surface area contributed by atoms with Crippen molar-refractivity contribution in [2.45, 2.75) is 18.3 Å². The molecule has 2 amide bonds. The van der Waals surface area contributed by atoms with Gasteiger partial charge in [-0.2, -0.15) is 9.36 Å². The number of nitrogens with zero attached hydrogens (tertiary/aromatic N) is 5. The summed E-state index contributed by atoms with van der Waals surface area (Å²) in [5.74, 6) is -2.15. The first kappa shape index (κ1) is 24.7. The molecule has 2 aliphatic heterocycles. The average molecular weight is 534 g/mol. The Morgan fingerprint density at radius 3 is 2.97 bits per heavy atom. The zero-order valence-electron chi connectivity index (χ0n) is 18.2. The molecule has 2 aromatic heterocycles. The summed E-state index contributed by atoms with van der Waals surface area (Å²) < 4.78 is 3.97. The van der Waals surface area contributed by atoms with Crippen LogP contribution in [0.4, 0.5) is 5.13 Å². The third-order valence-electron chi connectivity index (χ3n) is 4.73. The van der Waals surface area contributed by atoms with E-state index in [-0.39, 0.29) is 29.0 Å². The summed E-state index contributed by atoms with van der Waals surface area (Å²) >= 11 is 3.47. The highest BCUT2D eigenvalue weighted by Gasteiger charge is 2.54. The van der Waals surface area contributed by atoms with Gasteiger partial charge >= 0.3 is 5.97 Å². The number of hydrogen-bond acceptors (Lipinski definition) is 12. The first-order chi connectivity index (χ1) is 16.9. The van der Waals surface area contributed by atoms with Gasteiger partial charge in [-0.3, -0.25) is 19.5 Å². The Balaban J connectivity index is 1.49.